The SMILES string of the molecule is CCC(O)CCCC1OCCc2ccccc21. The molecule has 0 fully saturated rings. The summed E-state index contributed by atoms with van der Waals surface area (Å²) in [5, 5.41) is 9.54. The van der Waals surface area contributed by atoms with Crippen LogP contribution in [0.5, 0.6) is 0 Å². The van der Waals surface area contributed by atoms with Crippen molar-refractivity contribution >= 4 is 0 Å². The van der Waals surface area contributed by atoms with Crippen LogP contribution in [0, 0.1) is 0 Å². The molecule has 0 amide bonds. The van der Waals surface area contributed by atoms with Gasteiger partial charge in [-0.2, -0.15) is 0 Å². The van der Waals surface area contributed by atoms with E-state index in [1.807, 2.05) is 6.92 Å². The smallest absolute Gasteiger partial charge is 0.0827 e. The standard InChI is InChI=1S/C15H22O2/c1-2-13(16)7-5-9-15-14-8-4-3-6-12(14)10-11-17-15/h3-4,6,8,13,15-16H,2,5,7,9-11H2,1H3. The average Bonchev–Trinajstić information content (AvgIpc) is 2.39. The van der Waals surface area contributed by atoms with E-state index in [4.69, 9.17) is 4.74 Å². The summed E-state index contributed by atoms with van der Waals surface area (Å²) < 4.78 is 5.84. The molecule has 1 heterocycles. The largest absolute Gasteiger partial charge is 0.393 e. The van der Waals surface area contributed by atoms with Crippen molar-refractivity contribution in [3.63, 3.8) is 0 Å². The van der Waals surface area contributed by atoms with Gasteiger partial charge in [0.15, 0.2) is 0 Å². The Morgan fingerprint density at radius 2 is 2.24 bits per heavy atom. The summed E-state index contributed by atoms with van der Waals surface area (Å²) >= 11 is 0. The third-order valence-corrected chi connectivity index (χ3v) is 3.57. The lowest BCUT2D eigenvalue weighted by Crippen LogP contribution is -2.16. The predicted octanol–water partition coefficient (Wildman–Crippen LogP) is 3.24. The van der Waals surface area contributed by atoms with E-state index < -0.39 is 0 Å². The summed E-state index contributed by atoms with van der Waals surface area (Å²) in [4.78, 5) is 0. The summed E-state index contributed by atoms with van der Waals surface area (Å²) in [6.07, 6.45) is 4.92. The van der Waals surface area contributed by atoms with Crippen molar-refractivity contribution in [3.8, 4) is 0 Å². The minimum Gasteiger partial charge on any atom is -0.393 e. The lowest BCUT2D eigenvalue weighted by molar-refractivity contribution is 0.0319. The maximum atomic E-state index is 9.54. The molecular weight excluding hydrogens is 212 g/mol. The molecule has 0 spiro atoms. The molecule has 1 N–H and O–H groups in total. The van der Waals surface area contributed by atoms with Gasteiger partial charge >= 0.3 is 0 Å². The van der Waals surface area contributed by atoms with E-state index in [1.165, 1.54) is 11.1 Å². The molecule has 0 bridgehead atoms. The molecule has 2 heteroatoms. The maximum absolute atomic E-state index is 9.54. The van der Waals surface area contributed by atoms with Gasteiger partial charge in [-0.25, -0.2) is 0 Å². The van der Waals surface area contributed by atoms with Crippen LogP contribution in [0.1, 0.15) is 49.8 Å². The molecule has 0 radical (unpaired) electrons. The summed E-state index contributed by atoms with van der Waals surface area (Å²) in [6.45, 7) is 2.86. The third kappa shape index (κ3) is 3.30. The van der Waals surface area contributed by atoms with Gasteiger partial charge in [-0.05, 0) is 43.2 Å². The zero-order valence-electron chi connectivity index (χ0n) is 10.6. The molecule has 94 valence electrons. The fourth-order valence-corrected chi connectivity index (χ4v) is 2.46. The fraction of sp³-hybridized carbons (Fsp3) is 0.600. The van der Waals surface area contributed by atoms with Crippen molar-refractivity contribution in [1.29, 1.82) is 0 Å². The summed E-state index contributed by atoms with van der Waals surface area (Å²) in [5.41, 5.74) is 2.78. The van der Waals surface area contributed by atoms with Crippen molar-refractivity contribution in [3.05, 3.63) is 35.4 Å². The molecule has 0 aliphatic carbocycles. The van der Waals surface area contributed by atoms with Gasteiger partial charge < -0.3 is 9.84 Å². The zero-order valence-corrected chi connectivity index (χ0v) is 10.6. The molecule has 1 aromatic rings. The number of rotatable bonds is 5. The highest BCUT2D eigenvalue weighted by molar-refractivity contribution is 5.30. The quantitative estimate of drug-likeness (QED) is 0.847. The van der Waals surface area contributed by atoms with Crippen LogP contribution in [0.25, 0.3) is 0 Å². The molecule has 1 aromatic carbocycles. The second-order valence-electron chi connectivity index (χ2n) is 4.80. The lowest BCUT2D eigenvalue weighted by atomic mass is 9.94. The molecule has 2 nitrogen and oxygen atoms in total. The van der Waals surface area contributed by atoms with E-state index in [9.17, 15) is 5.11 Å². The highest BCUT2D eigenvalue weighted by atomic mass is 16.5. The molecule has 2 unspecified atom stereocenters. The second kappa shape index (κ2) is 6.18. The van der Waals surface area contributed by atoms with Crippen LogP contribution in [0.15, 0.2) is 24.3 Å². The minimum absolute atomic E-state index is 0.145. The third-order valence-electron chi connectivity index (χ3n) is 3.57. The van der Waals surface area contributed by atoms with E-state index in [1.54, 1.807) is 0 Å². The van der Waals surface area contributed by atoms with Crippen molar-refractivity contribution in [2.75, 3.05) is 6.61 Å². The Balaban J connectivity index is 1.90. The molecule has 1 aliphatic heterocycles. The first-order valence-electron chi connectivity index (χ1n) is 6.68. The van der Waals surface area contributed by atoms with Gasteiger partial charge in [-0.15, -0.1) is 0 Å². The number of fused-ring (bicyclic) bond motifs is 1. The average molecular weight is 234 g/mol. The first-order valence-corrected chi connectivity index (χ1v) is 6.68. The van der Waals surface area contributed by atoms with Crippen LogP contribution in [-0.4, -0.2) is 17.8 Å². The first kappa shape index (κ1) is 12.6. The van der Waals surface area contributed by atoms with E-state index in [0.717, 1.165) is 38.7 Å². The molecule has 1 aliphatic rings. The Bertz CT molecular complexity index is 349. The maximum Gasteiger partial charge on any atom is 0.0827 e. The Morgan fingerprint density at radius 1 is 1.41 bits per heavy atom. The lowest BCUT2D eigenvalue weighted by Gasteiger charge is -2.26. The number of benzene rings is 1. The number of aliphatic hydroxyl groups is 1. The summed E-state index contributed by atoms with van der Waals surface area (Å²) in [5.74, 6) is 0. The normalized spacial score (nSPS) is 20.9. The Kier molecular flexibility index (Phi) is 4.57. The molecule has 0 aromatic heterocycles. The molecule has 0 saturated carbocycles. The second-order valence-corrected chi connectivity index (χ2v) is 4.80. The number of ether oxygens (including phenoxy) is 1. The van der Waals surface area contributed by atoms with E-state index in [-0.39, 0.29) is 12.2 Å². The summed E-state index contributed by atoms with van der Waals surface area (Å²) in [6, 6.07) is 8.56. The van der Waals surface area contributed by atoms with Crippen LogP contribution in [-0.2, 0) is 11.2 Å². The van der Waals surface area contributed by atoms with Gasteiger partial charge in [-0.1, -0.05) is 31.2 Å². The first-order chi connectivity index (χ1) is 8.31. The number of hydrogen-bond acceptors (Lipinski definition) is 2. The minimum atomic E-state index is -0.145. The fourth-order valence-electron chi connectivity index (χ4n) is 2.46. The van der Waals surface area contributed by atoms with Gasteiger partial charge in [0, 0.05) is 0 Å². The molecular formula is C15H22O2. The van der Waals surface area contributed by atoms with Gasteiger partial charge in [0.05, 0.1) is 18.8 Å². The Hall–Kier alpha value is -0.860. The molecule has 0 saturated heterocycles. The van der Waals surface area contributed by atoms with Crippen LogP contribution < -0.4 is 0 Å². The van der Waals surface area contributed by atoms with Crippen molar-refractivity contribution in [2.24, 2.45) is 0 Å². The monoisotopic (exact) mass is 234 g/mol. The predicted molar refractivity (Wildman–Crippen MR) is 69.0 cm³/mol. The highest BCUT2D eigenvalue weighted by Crippen LogP contribution is 2.30. The van der Waals surface area contributed by atoms with Crippen molar-refractivity contribution in [1.82, 2.24) is 0 Å². The van der Waals surface area contributed by atoms with Crippen LogP contribution in [0.2, 0.25) is 0 Å². The summed E-state index contributed by atoms with van der Waals surface area (Å²) in [7, 11) is 0. The van der Waals surface area contributed by atoms with Gasteiger partial charge in [0.2, 0.25) is 0 Å². The number of hydrogen-bond donors (Lipinski definition) is 1. The van der Waals surface area contributed by atoms with E-state index in [2.05, 4.69) is 24.3 Å². The Labute approximate surface area is 104 Å². The Morgan fingerprint density at radius 3 is 3.06 bits per heavy atom. The number of aliphatic hydroxyl groups excluding tert-OH is 1. The topological polar surface area (TPSA) is 29.5 Å². The van der Waals surface area contributed by atoms with Crippen molar-refractivity contribution < 1.29 is 9.84 Å². The molecule has 2 atom stereocenters. The molecule has 17 heavy (non-hydrogen) atoms. The molecule has 2 rings (SSSR count). The van der Waals surface area contributed by atoms with E-state index in [0.29, 0.717) is 0 Å². The van der Waals surface area contributed by atoms with E-state index >= 15 is 0 Å². The van der Waals surface area contributed by atoms with Gasteiger partial charge in [0.1, 0.15) is 0 Å². The van der Waals surface area contributed by atoms with Crippen LogP contribution in [0.3, 0.4) is 0 Å². The van der Waals surface area contributed by atoms with Crippen LogP contribution >= 0.6 is 0 Å². The van der Waals surface area contributed by atoms with Gasteiger partial charge in [0.25, 0.3) is 0 Å². The van der Waals surface area contributed by atoms with Crippen LogP contribution in [0.4, 0.5) is 0 Å². The van der Waals surface area contributed by atoms with Gasteiger partial charge in [-0.3, -0.25) is 0 Å². The zero-order chi connectivity index (χ0) is 12.1. The van der Waals surface area contributed by atoms with Crippen molar-refractivity contribution in [2.45, 2.75) is 51.2 Å². The highest BCUT2D eigenvalue weighted by Gasteiger charge is 2.19.